The van der Waals surface area contributed by atoms with E-state index in [1.165, 1.54) is 23.1 Å². The molecule has 186 valence electrons. The maximum atomic E-state index is 11.9. The number of aliphatic carboxylic acids is 1. The largest absolute Gasteiger partial charge is 0.481 e. The van der Waals surface area contributed by atoms with Crippen LogP contribution in [0.15, 0.2) is 24.3 Å². The molecule has 0 aliphatic carbocycles. The van der Waals surface area contributed by atoms with Gasteiger partial charge in [-0.3, -0.25) is 9.69 Å². The number of nitrogens with zero attached hydrogens (tertiary/aromatic N) is 1. The van der Waals surface area contributed by atoms with Crippen LogP contribution in [0.1, 0.15) is 87.3 Å². The van der Waals surface area contributed by atoms with Gasteiger partial charge in [-0.1, -0.05) is 51.5 Å². The van der Waals surface area contributed by atoms with E-state index in [4.69, 9.17) is 0 Å². The molecule has 3 unspecified atom stereocenters. The van der Waals surface area contributed by atoms with Crippen molar-refractivity contribution >= 4 is 5.97 Å². The number of benzene rings is 2. The van der Waals surface area contributed by atoms with Crippen LogP contribution in [0, 0.1) is 19.8 Å². The molecular weight excluding hydrogens is 422 g/mol. The van der Waals surface area contributed by atoms with Crippen molar-refractivity contribution in [2.45, 2.75) is 98.8 Å². The average Bonchev–Trinajstić information content (AvgIpc) is 2.80. The van der Waals surface area contributed by atoms with E-state index in [2.05, 4.69) is 63.8 Å². The van der Waals surface area contributed by atoms with E-state index >= 15 is 0 Å². The van der Waals surface area contributed by atoms with Crippen molar-refractivity contribution in [3.63, 3.8) is 0 Å². The van der Waals surface area contributed by atoms with Crippen molar-refractivity contribution in [2.24, 2.45) is 5.92 Å². The molecule has 1 aliphatic rings. The van der Waals surface area contributed by atoms with E-state index in [0.29, 0.717) is 12.0 Å². The fourth-order valence-electron chi connectivity index (χ4n) is 5.45. The Morgan fingerprint density at radius 2 is 1.68 bits per heavy atom. The molecule has 4 heteroatoms. The van der Waals surface area contributed by atoms with Gasteiger partial charge in [-0.2, -0.15) is 0 Å². The number of carboxylic acid groups (broad SMARTS) is 1. The van der Waals surface area contributed by atoms with Crippen LogP contribution < -0.4 is 0 Å². The second kappa shape index (κ2) is 10.2. The van der Waals surface area contributed by atoms with Gasteiger partial charge in [-0.05, 0) is 91.5 Å². The van der Waals surface area contributed by atoms with Crippen LogP contribution in [0.3, 0.4) is 0 Å². The lowest BCUT2D eigenvalue weighted by molar-refractivity contribution is -0.136. The topological polar surface area (TPSA) is 60.8 Å². The number of hydrogen-bond donors (Lipinski definition) is 2. The maximum Gasteiger partial charge on any atom is 0.307 e. The molecular formula is C30H43NO3. The van der Waals surface area contributed by atoms with Crippen molar-refractivity contribution in [2.75, 3.05) is 6.54 Å². The summed E-state index contributed by atoms with van der Waals surface area (Å²) in [6, 6.07) is 8.86. The fourth-order valence-corrected chi connectivity index (χ4v) is 5.45. The van der Waals surface area contributed by atoms with Crippen LogP contribution >= 0.6 is 0 Å². The standard InChI is InChI=1S/C30H43NO3/c1-9-18(2)22(6)31-15-14-25-19(3)26(16-28(32)33)29(20(4)27(25)17-31)24-12-10-23(11-13-24)21(5)30(7,8)34/h10-13,18,21-22,34H,9,14-17H2,1-8H3,(H,32,33). The molecule has 0 saturated carbocycles. The molecule has 1 heterocycles. The van der Waals surface area contributed by atoms with E-state index in [1.807, 2.05) is 20.8 Å². The molecule has 2 aromatic carbocycles. The zero-order valence-corrected chi connectivity index (χ0v) is 22.3. The average molecular weight is 466 g/mol. The van der Waals surface area contributed by atoms with Gasteiger partial charge in [-0.25, -0.2) is 0 Å². The first-order valence-corrected chi connectivity index (χ1v) is 12.8. The molecule has 4 nitrogen and oxygen atoms in total. The minimum Gasteiger partial charge on any atom is -0.481 e. The van der Waals surface area contributed by atoms with Crippen LogP contribution in [-0.2, 0) is 24.2 Å². The molecule has 1 aliphatic heterocycles. The molecule has 3 rings (SSSR count). The van der Waals surface area contributed by atoms with Crippen molar-refractivity contribution in [1.82, 2.24) is 4.90 Å². The lowest BCUT2D eigenvalue weighted by atomic mass is 9.80. The van der Waals surface area contributed by atoms with E-state index in [-0.39, 0.29) is 12.3 Å². The highest BCUT2D eigenvalue weighted by atomic mass is 16.4. The third-order valence-corrected chi connectivity index (χ3v) is 8.54. The van der Waals surface area contributed by atoms with Crippen LogP contribution in [0.2, 0.25) is 0 Å². The predicted octanol–water partition coefficient (Wildman–Crippen LogP) is 6.26. The van der Waals surface area contributed by atoms with Gasteiger partial charge in [0.1, 0.15) is 0 Å². The summed E-state index contributed by atoms with van der Waals surface area (Å²) >= 11 is 0. The van der Waals surface area contributed by atoms with Gasteiger partial charge in [0.2, 0.25) is 0 Å². The quantitative estimate of drug-likeness (QED) is 0.483. The van der Waals surface area contributed by atoms with Gasteiger partial charge in [0, 0.05) is 25.0 Å². The molecule has 3 atom stereocenters. The van der Waals surface area contributed by atoms with Gasteiger partial charge in [0.15, 0.2) is 0 Å². The summed E-state index contributed by atoms with van der Waals surface area (Å²) in [6.07, 6.45) is 2.17. The Bertz CT molecular complexity index is 1030. The molecule has 0 fully saturated rings. The van der Waals surface area contributed by atoms with Crippen molar-refractivity contribution in [1.29, 1.82) is 0 Å². The zero-order chi connectivity index (χ0) is 25.4. The lowest BCUT2D eigenvalue weighted by Gasteiger charge is -2.39. The summed E-state index contributed by atoms with van der Waals surface area (Å²) in [5.74, 6) is -0.153. The molecule has 0 spiro atoms. The summed E-state index contributed by atoms with van der Waals surface area (Å²) in [5.41, 5.74) is 8.41. The highest BCUT2D eigenvalue weighted by molar-refractivity contribution is 5.81. The molecule has 0 amide bonds. The predicted molar refractivity (Wildman–Crippen MR) is 140 cm³/mol. The first-order valence-electron chi connectivity index (χ1n) is 12.8. The van der Waals surface area contributed by atoms with Crippen LogP contribution in [0.5, 0.6) is 0 Å². The van der Waals surface area contributed by atoms with Gasteiger partial charge in [-0.15, -0.1) is 0 Å². The summed E-state index contributed by atoms with van der Waals surface area (Å²) in [5, 5.41) is 20.2. The van der Waals surface area contributed by atoms with E-state index in [0.717, 1.165) is 47.3 Å². The third kappa shape index (κ3) is 5.23. The Morgan fingerprint density at radius 1 is 1.06 bits per heavy atom. The molecule has 2 aromatic rings. The van der Waals surface area contributed by atoms with Crippen LogP contribution in [0.4, 0.5) is 0 Å². The number of fused-ring (bicyclic) bond motifs is 1. The number of rotatable bonds is 8. The third-order valence-electron chi connectivity index (χ3n) is 8.54. The normalized spacial score (nSPS) is 17.2. The first kappa shape index (κ1) is 26.4. The summed E-state index contributed by atoms with van der Waals surface area (Å²) in [4.78, 5) is 14.4. The Hall–Kier alpha value is -2.17. The first-order chi connectivity index (χ1) is 15.9. The number of aliphatic hydroxyl groups is 1. The van der Waals surface area contributed by atoms with E-state index < -0.39 is 11.6 Å². The Morgan fingerprint density at radius 3 is 2.21 bits per heavy atom. The van der Waals surface area contributed by atoms with Crippen molar-refractivity contribution in [3.8, 4) is 11.1 Å². The Labute approximate surface area is 206 Å². The van der Waals surface area contributed by atoms with E-state index in [1.54, 1.807) is 0 Å². The van der Waals surface area contributed by atoms with Crippen LogP contribution in [0.25, 0.3) is 11.1 Å². The minimum atomic E-state index is -0.802. The van der Waals surface area contributed by atoms with E-state index in [9.17, 15) is 15.0 Å². The highest BCUT2D eigenvalue weighted by Gasteiger charge is 2.29. The zero-order valence-electron chi connectivity index (χ0n) is 22.3. The molecule has 0 saturated heterocycles. The summed E-state index contributed by atoms with van der Waals surface area (Å²) < 4.78 is 0. The Balaban J connectivity index is 2.12. The van der Waals surface area contributed by atoms with Crippen LogP contribution in [-0.4, -0.2) is 39.3 Å². The second-order valence-electron chi connectivity index (χ2n) is 11.0. The molecule has 2 N–H and O–H groups in total. The highest BCUT2D eigenvalue weighted by Crippen LogP contribution is 2.39. The van der Waals surface area contributed by atoms with Gasteiger partial charge < -0.3 is 10.2 Å². The Kier molecular flexibility index (Phi) is 7.94. The summed E-state index contributed by atoms with van der Waals surface area (Å²) in [6.45, 7) is 18.8. The monoisotopic (exact) mass is 465 g/mol. The lowest BCUT2D eigenvalue weighted by Crippen LogP contribution is -2.41. The number of hydrogen-bond acceptors (Lipinski definition) is 3. The number of carbonyl (C=O) groups is 1. The summed E-state index contributed by atoms with van der Waals surface area (Å²) in [7, 11) is 0. The van der Waals surface area contributed by atoms with Crippen molar-refractivity contribution in [3.05, 3.63) is 57.6 Å². The smallest absolute Gasteiger partial charge is 0.307 e. The van der Waals surface area contributed by atoms with Gasteiger partial charge in [0.05, 0.1) is 12.0 Å². The maximum absolute atomic E-state index is 11.9. The SMILES string of the molecule is CCC(C)C(C)N1CCc2c(C)c(CC(=O)O)c(-c3ccc(C(C)C(C)(C)O)cc3)c(C)c2C1. The molecule has 0 radical (unpaired) electrons. The van der Waals surface area contributed by atoms with Crippen molar-refractivity contribution < 1.29 is 15.0 Å². The molecule has 0 bridgehead atoms. The molecule has 0 aromatic heterocycles. The van der Waals surface area contributed by atoms with Gasteiger partial charge in [0.25, 0.3) is 0 Å². The minimum absolute atomic E-state index is 0.00186. The molecule has 34 heavy (non-hydrogen) atoms. The fraction of sp³-hybridized carbons (Fsp3) is 0.567. The number of carboxylic acids is 1. The van der Waals surface area contributed by atoms with Gasteiger partial charge >= 0.3 is 5.97 Å². The second-order valence-corrected chi connectivity index (χ2v) is 11.0.